The van der Waals surface area contributed by atoms with Gasteiger partial charge in [0.1, 0.15) is 11.9 Å². The Morgan fingerprint density at radius 3 is 2.32 bits per heavy atom. The van der Waals surface area contributed by atoms with Crippen LogP contribution in [0.25, 0.3) is 0 Å². The van der Waals surface area contributed by atoms with E-state index in [9.17, 15) is 4.79 Å². The van der Waals surface area contributed by atoms with Crippen molar-refractivity contribution < 1.29 is 23.7 Å². The predicted octanol–water partition coefficient (Wildman–Crippen LogP) is 3.14. The van der Waals surface area contributed by atoms with Gasteiger partial charge in [0, 0.05) is 5.56 Å². The van der Waals surface area contributed by atoms with Gasteiger partial charge >= 0.3 is 0 Å². The van der Waals surface area contributed by atoms with Gasteiger partial charge in [0.25, 0.3) is 5.91 Å². The molecule has 1 aliphatic rings. The van der Waals surface area contributed by atoms with Crippen LogP contribution in [-0.4, -0.2) is 39.9 Å². The third kappa shape index (κ3) is 3.07. The molecule has 1 aliphatic heterocycles. The quantitative estimate of drug-likeness (QED) is 0.854. The molecule has 0 N–H and O–H groups in total. The Bertz CT molecular complexity index is 764. The number of carbonyl (C=O) groups is 1. The van der Waals surface area contributed by atoms with E-state index in [0.29, 0.717) is 35.1 Å². The Morgan fingerprint density at radius 1 is 1.08 bits per heavy atom. The number of carbonyl (C=O) groups excluding carboxylic acids is 1. The molecular weight excluding hydrogens is 322 g/mol. The lowest BCUT2D eigenvalue weighted by molar-refractivity contribution is 0.0960. The standard InChI is InChI=1S/C19H21NO5/c1-12-11-20(14-7-5-6-8-15(14)25-12)19(21)13-9-16(22-2)18(24-4)17(10-13)23-3/h5-10,12H,11H2,1-4H3. The first kappa shape index (κ1) is 17.0. The van der Waals surface area contributed by atoms with E-state index in [1.807, 2.05) is 31.2 Å². The highest BCUT2D eigenvalue weighted by molar-refractivity contribution is 6.08. The van der Waals surface area contributed by atoms with Crippen LogP contribution in [0, 0.1) is 0 Å². The average molecular weight is 343 g/mol. The second-order valence-corrected chi connectivity index (χ2v) is 5.73. The first-order valence-corrected chi connectivity index (χ1v) is 7.96. The van der Waals surface area contributed by atoms with Crippen LogP contribution in [0.5, 0.6) is 23.0 Å². The summed E-state index contributed by atoms with van der Waals surface area (Å²) >= 11 is 0. The van der Waals surface area contributed by atoms with Gasteiger partial charge in [-0.05, 0) is 31.2 Å². The highest BCUT2D eigenvalue weighted by Crippen LogP contribution is 2.40. The fourth-order valence-electron chi connectivity index (χ4n) is 2.94. The number of nitrogens with zero attached hydrogens (tertiary/aromatic N) is 1. The second-order valence-electron chi connectivity index (χ2n) is 5.73. The molecule has 6 nitrogen and oxygen atoms in total. The number of anilines is 1. The zero-order chi connectivity index (χ0) is 18.0. The minimum atomic E-state index is -0.151. The van der Waals surface area contributed by atoms with Crippen LogP contribution in [0.3, 0.4) is 0 Å². The molecule has 0 bridgehead atoms. The predicted molar refractivity (Wildman–Crippen MR) is 94.3 cm³/mol. The Hall–Kier alpha value is -2.89. The maximum atomic E-state index is 13.2. The average Bonchev–Trinajstić information content (AvgIpc) is 2.65. The van der Waals surface area contributed by atoms with Crippen LogP contribution in [0.1, 0.15) is 17.3 Å². The lowest BCUT2D eigenvalue weighted by Crippen LogP contribution is -2.42. The highest BCUT2D eigenvalue weighted by atomic mass is 16.5. The zero-order valence-corrected chi connectivity index (χ0v) is 14.7. The lowest BCUT2D eigenvalue weighted by atomic mass is 10.1. The summed E-state index contributed by atoms with van der Waals surface area (Å²) in [5.41, 5.74) is 1.21. The van der Waals surface area contributed by atoms with Crippen LogP contribution in [0.4, 0.5) is 5.69 Å². The van der Waals surface area contributed by atoms with Crippen molar-refractivity contribution in [3.05, 3.63) is 42.0 Å². The van der Waals surface area contributed by atoms with Gasteiger partial charge in [0.05, 0.1) is 33.6 Å². The topological polar surface area (TPSA) is 57.2 Å². The second kappa shape index (κ2) is 6.93. The number of fused-ring (bicyclic) bond motifs is 1. The summed E-state index contributed by atoms with van der Waals surface area (Å²) in [4.78, 5) is 14.9. The molecule has 2 aromatic carbocycles. The minimum Gasteiger partial charge on any atom is -0.493 e. The Labute approximate surface area is 146 Å². The fraction of sp³-hybridized carbons (Fsp3) is 0.316. The van der Waals surface area contributed by atoms with E-state index in [2.05, 4.69) is 0 Å². The minimum absolute atomic E-state index is 0.0964. The van der Waals surface area contributed by atoms with E-state index in [0.717, 1.165) is 5.69 Å². The summed E-state index contributed by atoms with van der Waals surface area (Å²) < 4.78 is 21.8. The molecular formula is C19H21NO5. The maximum absolute atomic E-state index is 13.2. The molecule has 1 amide bonds. The molecule has 0 aromatic heterocycles. The van der Waals surface area contributed by atoms with Crippen LogP contribution >= 0.6 is 0 Å². The van der Waals surface area contributed by atoms with E-state index in [1.165, 1.54) is 21.3 Å². The van der Waals surface area contributed by atoms with Crippen LogP contribution < -0.4 is 23.8 Å². The van der Waals surface area contributed by atoms with Gasteiger partial charge in [0.15, 0.2) is 11.5 Å². The number of amides is 1. The van der Waals surface area contributed by atoms with E-state index < -0.39 is 0 Å². The number of para-hydroxylation sites is 2. The first-order valence-electron chi connectivity index (χ1n) is 7.96. The molecule has 2 aromatic rings. The molecule has 1 atom stereocenters. The van der Waals surface area contributed by atoms with Gasteiger partial charge in [-0.25, -0.2) is 0 Å². The number of methoxy groups -OCH3 is 3. The molecule has 0 spiro atoms. The Kier molecular flexibility index (Phi) is 4.70. The van der Waals surface area contributed by atoms with Gasteiger partial charge in [-0.1, -0.05) is 12.1 Å². The summed E-state index contributed by atoms with van der Waals surface area (Å²) in [6, 6.07) is 10.8. The summed E-state index contributed by atoms with van der Waals surface area (Å²) in [5.74, 6) is 1.89. The zero-order valence-electron chi connectivity index (χ0n) is 14.7. The lowest BCUT2D eigenvalue weighted by Gasteiger charge is -2.33. The summed E-state index contributed by atoms with van der Waals surface area (Å²) in [5, 5.41) is 0. The number of benzene rings is 2. The van der Waals surface area contributed by atoms with E-state index in [1.54, 1.807) is 17.0 Å². The van der Waals surface area contributed by atoms with Crippen LogP contribution in [0.2, 0.25) is 0 Å². The fourth-order valence-corrected chi connectivity index (χ4v) is 2.94. The van der Waals surface area contributed by atoms with Gasteiger partial charge < -0.3 is 23.8 Å². The SMILES string of the molecule is COc1cc(C(=O)N2CC(C)Oc3ccccc32)cc(OC)c1OC. The van der Waals surface area contributed by atoms with Crippen molar-refractivity contribution in [3.8, 4) is 23.0 Å². The summed E-state index contributed by atoms with van der Waals surface area (Å²) in [7, 11) is 4.58. The van der Waals surface area contributed by atoms with Gasteiger partial charge in [0.2, 0.25) is 5.75 Å². The molecule has 132 valence electrons. The van der Waals surface area contributed by atoms with Crippen molar-refractivity contribution in [2.24, 2.45) is 0 Å². The van der Waals surface area contributed by atoms with Crippen LogP contribution in [-0.2, 0) is 0 Å². The number of ether oxygens (including phenoxy) is 4. The van der Waals surface area contributed by atoms with E-state index in [-0.39, 0.29) is 12.0 Å². The normalized spacial score (nSPS) is 15.8. The molecule has 6 heteroatoms. The van der Waals surface area contributed by atoms with Crippen molar-refractivity contribution in [2.45, 2.75) is 13.0 Å². The van der Waals surface area contributed by atoms with Crippen molar-refractivity contribution in [2.75, 3.05) is 32.8 Å². The summed E-state index contributed by atoms with van der Waals surface area (Å²) in [6.07, 6.45) is -0.0964. The number of rotatable bonds is 4. The molecule has 0 fully saturated rings. The Balaban J connectivity index is 2.04. The number of hydrogen-bond acceptors (Lipinski definition) is 5. The monoisotopic (exact) mass is 343 g/mol. The maximum Gasteiger partial charge on any atom is 0.258 e. The van der Waals surface area contributed by atoms with Crippen molar-refractivity contribution in [1.82, 2.24) is 0 Å². The van der Waals surface area contributed by atoms with E-state index >= 15 is 0 Å². The van der Waals surface area contributed by atoms with Crippen molar-refractivity contribution >= 4 is 11.6 Å². The molecule has 25 heavy (non-hydrogen) atoms. The Morgan fingerprint density at radius 2 is 1.72 bits per heavy atom. The molecule has 0 aliphatic carbocycles. The third-order valence-electron chi connectivity index (χ3n) is 4.08. The molecule has 1 unspecified atom stereocenters. The molecule has 0 radical (unpaired) electrons. The van der Waals surface area contributed by atoms with Gasteiger partial charge in [-0.2, -0.15) is 0 Å². The van der Waals surface area contributed by atoms with E-state index in [4.69, 9.17) is 18.9 Å². The largest absolute Gasteiger partial charge is 0.493 e. The molecule has 0 saturated heterocycles. The van der Waals surface area contributed by atoms with Gasteiger partial charge in [-0.15, -0.1) is 0 Å². The third-order valence-corrected chi connectivity index (χ3v) is 4.08. The van der Waals surface area contributed by atoms with Gasteiger partial charge in [-0.3, -0.25) is 4.79 Å². The number of hydrogen-bond donors (Lipinski definition) is 0. The molecule has 0 saturated carbocycles. The van der Waals surface area contributed by atoms with Crippen molar-refractivity contribution in [1.29, 1.82) is 0 Å². The summed E-state index contributed by atoms with van der Waals surface area (Å²) in [6.45, 7) is 2.40. The van der Waals surface area contributed by atoms with Crippen LogP contribution in [0.15, 0.2) is 36.4 Å². The first-order chi connectivity index (χ1) is 12.1. The molecule has 1 heterocycles. The van der Waals surface area contributed by atoms with Crippen molar-refractivity contribution in [3.63, 3.8) is 0 Å². The smallest absolute Gasteiger partial charge is 0.258 e. The molecule has 3 rings (SSSR count). The highest BCUT2D eigenvalue weighted by Gasteiger charge is 2.29.